The van der Waals surface area contributed by atoms with Crippen LogP contribution >= 0.6 is 11.6 Å². The predicted molar refractivity (Wildman–Crippen MR) is 110 cm³/mol. The smallest absolute Gasteiger partial charge is 0.317 e. The normalized spacial score (nSPS) is 15.5. The molecule has 6 nitrogen and oxygen atoms in total. The van der Waals surface area contributed by atoms with Crippen LogP contribution < -0.4 is 10.1 Å². The SMILES string of the molecule is CCNC(=O)N(Cc1cccc(OC)c1)C[C@H]1CC(c2ccc(Cl)cc2)=NO1. The number of carbonyl (C=O) groups is 1. The fourth-order valence-electron chi connectivity index (χ4n) is 3.06. The van der Waals surface area contributed by atoms with Crippen molar-refractivity contribution in [3.8, 4) is 5.75 Å². The van der Waals surface area contributed by atoms with E-state index in [1.165, 1.54) is 0 Å². The van der Waals surface area contributed by atoms with Crippen molar-refractivity contribution in [1.82, 2.24) is 10.2 Å². The van der Waals surface area contributed by atoms with Crippen LogP contribution in [0.5, 0.6) is 5.75 Å². The summed E-state index contributed by atoms with van der Waals surface area (Å²) >= 11 is 5.95. The Bertz CT molecular complexity index is 839. The van der Waals surface area contributed by atoms with E-state index in [1.54, 1.807) is 12.0 Å². The molecule has 1 N–H and O–H groups in total. The molecule has 1 heterocycles. The maximum Gasteiger partial charge on any atom is 0.317 e. The number of hydrogen-bond donors (Lipinski definition) is 1. The van der Waals surface area contributed by atoms with Crippen molar-refractivity contribution in [2.45, 2.75) is 26.0 Å². The van der Waals surface area contributed by atoms with Crippen LogP contribution in [0.1, 0.15) is 24.5 Å². The molecule has 0 fully saturated rings. The summed E-state index contributed by atoms with van der Waals surface area (Å²) in [6.07, 6.45) is 0.439. The van der Waals surface area contributed by atoms with E-state index in [0.717, 1.165) is 22.6 Å². The van der Waals surface area contributed by atoms with Crippen molar-refractivity contribution < 1.29 is 14.4 Å². The van der Waals surface area contributed by atoms with Crippen molar-refractivity contribution in [2.75, 3.05) is 20.2 Å². The number of halogens is 1. The van der Waals surface area contributed by atoms with Crippen LogP contribution in [0.15, 0.2) is 53.7 Å². The number of amides is 2. The first kappa shape index (κ1) is 20.0. The Labute approximate surface area is 170 Å². The van der Waals surface area contributed by atoms with Gasteiger partial charge in [0.05, 0.1) is 19.4 Å². The van der Waals surface area contributed by atoms with E-state index >= 15 is 0 Å². The second-order valence-corrected chi connectivity index (χ2v) is 6.98. The Hall–Kier alpha value is -2.73. The van der Waals surface area contributed by atoms with E-state index < -0.39 is 0 Å². The molecule has 1 aliphatic rings. The zero-order chi connectivity index (χ0) is 19.9. The average Bonchev–Trinajstić information content (AvgIpc) is 3.17. The van der Waals surface area contributed by atoms with Crippen molar-refractivity contribution in [3.05, 3.63) is 64.7 Å². The summed E-state index contributed by atoms with van der Waals surface area (Å²) in [6, 6.07) is 15.1. The number of hydrogen-bond acceptors (Lipinski definition) is 4. The third-order valence-corrected chi connectivity index (χ3v) is 4.71. The Kier molecular flexibility index (Phi) is 6.76. The lowest BCUT2D eigenvalue weighted by Crippen LogP contribution is -2.43. The molecule has 0 aromatic heterocycles. The largest absolute Gasteiger partial charge is 0.497 e. The Morgan fingerprint density at radius 3 is 2.82 bits per heavy atom. The zero-order valence-electron chi connectivity index (χ0n) is 16.0. The van der Waals surface area contributed by atoms with Crippen molar-refractivity contribution in [3.63, 3.8) is 0 Å². The first-order valence-corrected chi connectivity index (χ1v) is 9.61. The Morgan fingerprint density at radius 2 is 2.11 bits per heavy atom. The van der Waals surface area contributed by atoms with E-state index in [4.69, 9.17) is 21.2 Å². The van der Waals surface area contributed by atoms with Gasteiger partial charge in [-0.3, -0.25) is 0 Å². The molecule has 2 aromatic rings. The van der Waals surface area contributed by atoms with E-state index in [2.05, 4.69) is 10.5 Å². The minimum atomic E-state index is -0.195. The second-order valence-electron chi connectivity index (χ2n) is 6.54. The van der Waals surface area contributed by atoms with Crippen LogP contribution in [-0.2, 0) is 11.4 Å². The molecule has 7 heteroatoms. The van der Waals surface area contributed by atoms with Gasteiger partial charge in [-0.2, -0.15) is 0 Å². The molecule has 148 valence electrons. The van der Waals surface area contributed by atoms with Crippen LogP contribution in [0.25, 0.3) is 0 Å². The zero-order valence-corrected chi connectivity index (χ0v) is 16.8. The van der Waals surface area contributed by atoms with Gasteiger partial charge in [0, 0.05) is 24.5 Å². The number of benzene rings is 2. The average molecular weight is 402 g/mol. The van der Waals surface area contributed by atoms with Gasteiger partial charge in [0.15, 0.2) is 6.10 Å². The molecule has 0 saturated heterocycles. The van der Waals surface area contributed by atoms with Crippen LogP contribution in [0.4, 0.5) is 4.79 Å². The molecule has 0 spiro atoms. The summed E-state index contributed by atoms with van der Waals surface area (Å²) in [4.78, 5) is 19.9. The molecule has 2 aromatic carbocycles. The summed E-state index contributed by atoms with van der Waals surface area (Å²) in [7, 11) is 1.63. The number of methoxy groups -OCH3 is 1. The van der Waals surface area contributed by atoms with Gasteiger partial charge in [-0.05, 0) is 42.3 Å². The fraction of sp³-hybridized carbons (Fsp3) is 0.333. The maximum absolute atomic E-state index is 12.6. The highest BCUT2D eigenvalue weighted by Crippen LogP contribution is 2.21. The van der Waals surface area contributed by atoms with Crippen LogP contribution in [0.3, 0.4) is 0 Å². The molecule has 1 aliphatic heterocycles. The lowest BCUT2D eigenvalue weighted by Gasteiger charge is -2.25. The maximum atomic E-state index is 12.6. The van der Waals surface area contributed by atoms with E-state index in [9.17, 15) is 4.79 Å². The monoisotopic (exact) mass is 401 g/mol. The van der Waals surface area contributed by atoms with Gasteiger partial charge in [-0.25, -0.2) is 4.79 Å². The molecule has 1 atom stereocenters. The first-order chi connectivity index (χ1) is 13.6. The van der Waals surface area contributed by atoms with Crippen LogP contribution in [0, 0.1) is 0 Å². The topological polar surface area (TPSA) is 63.2 Å². The van der Waals surface area contributed by atoms with Gasteiger partial charge in [0.25, 0.3) is 0 Å². The molecule has 0 bridgehead atoms. The molecule has 0 unspecified atom stereocenters. The van der Waals surface area contributed by atoms with Gasteiger partial charge in [-0.1, -0.05) is 41.0 Å². The quantitative estimate of drug-likeness (QED) is 0.760. The molecule has 28 heavy (non-hydrogen) atoms. The van der Waals surface area contributed by atoms with Crippen molar-refractivity contribution in [2.24, 2.45) is 5.16 Å². The summed E-state index contributed by atoms with van der Waals surface area (Å²) in [5.41, 5.74) is 2.82. The standard InChI is InChI=1S/C21H24ClN3O3/c1-3-23-21(26)25(13-15-5-4-6-18(11-15)27-2)14-19-12-20(24-28-19)16-7-9-17(22)10-8-16/h4-11,19H,3,12-14H2,1-2H3,(H,23,26)/t19-/m1/s1. The highest BCUT2D eigenvalue weighted by atomic mass is 35.5. The number of urea groups is 1. The number of oxime groups is 1. The summed E-state index contributed by atoms with van der Waals surface area (Å²) in [5.74, 6) is 0.763. The number of ether oxygens (including phenoxy) is 1. The number of nitrogens with one attached hydrogen (secondary N) is 1. The molecular formula is C21H24ClN3O3. The first-order valence-electron chi connectivity index (χ1n) is 9.23. The molecule has 0 aliphatic carbocycles. The number of carbonyl (C=O) groups excluding carboxylic acids is 1. The highest BCUT2D eigenvalue weighted by Gasteiger charge is 2.26. The van der Waals surface area contributed by atoms with Crippen molar-refractivity contribution >= 4 is 23.3 Å². The van der Waals surface area contributed by atoms with E-state index in [1.807, 2.05) is 55.5 Å². The summed E-state index contributed by atoms with van der Waals surface area (Å²) < 4.78 is 5.28. The summed E-state index contributed by atoms with van der Waals surface area (Å²) in [5, 5.41) is 7.75. The van der Waals surface area contributed by atoms with E-state index in [0.29, 0.717) is 31.1 Å². The minimum Gasteiger partial charge on any atom is -0.497 e. The Balaban J connectivity index is 1.66. The lowest BCUT2D eigenvalue weighted by molar-refractivity contribution is 0.0590. The van der Waals surface area contributed by atoms with Gasteiger partial charge in [0.2, 0.25) is 0 Å². The van der Waals surface area contributed by atoms with Gasteiger partial charge in [0.1, 0.15) is 5.75 Å². The van der Waals surface area contributed by atoms with E-state index in [-0.39, 0.29) is 12.1 Å². The second kappa shape index (κ2) is 9.46. The van der Waals surface area contributed by atoms with Gasteiger partial charge >= 0.3 is 6.03 Å². The summed E-state index contributed by atoms with van der Waals surface area (Å²) in [6.45, 7) is 3.35. The Morgan fingerprint density at radius 1 is 1.32 bits per heavy atom. The molecular weight excluding hydrogens is 378 g/mol. The predicted octanol–water partition coefficient (Wildman–Crippen LogP) is 4.07. The third-order valence-electron chi connectivity index (χ3n) is 4.46. The molecule has 0 saturated carbocycles. The van der Waals surface area contributed by atoms with Gasteiger partial charge < -0.3 is 19.8 Å². The number of rotatable bonds is 7. The van der Waals surface area contributed by atoms with Crippen LogP contribution in [0.2, 0.25) is 5.02 Å². The molecule has 0 radical (unpaired) electrons. The third kappa shape index (κ3) is 5.16. The highest BCUT2D eigenvalue weighted by molar-refractivity contribution is 6.30. The van der Waals surface area contributed by atoms with Crippen LogP contribution in [-0.4, -0.2) is 42.9 Å². The molecule has 3 rings (SSSR count). The minimum absolute atomic E-state index is 0.131. The fourth-order valence-corrected chi connectivity index (χ4v) is 3.18. The van der Waals surface area contributed by atoms with Gasteiger partial charge in [-0.15, -0.1) is 0 Å². The lowest BCUT2D eigenvalue weighted by atomic mass is 10.0. The van der Waals surface area contributed by atoms with Crippen molar-refractivity contribution in [1.29, 1.82) is 0 Å². The number of nitrogens with zero attached hydrogens (tertiary/aromatic N) is 2. The molecule has 2 amide bonds.